The van der Waals surface area contributed by atoms with Crippen LogP contribution >= 0.6 is 24.0 Å². The number of hydrogen-bond acceptors (Lipinski definition) is 5. The fourth-order valence-electron chi connectivity index (χ4n) is 3.20. The summed E-state index contributed by atoms with van der Waals surface area (Å²) in [4.78, 5) is 23.0. The number of likely N-dealkylation sites (tertiary alicyclic amines) is 1. The van der Waals surface area contributed by atoms with E-state index >= 15 is 0 Å². The number of carbonyl (C=O) groups excluding carboxylic acids is 1. The van der Waals surface area contributed by atoms with Crippen LogP contribution in [0.15, 0.2) is 23.3 Å². The number of halogens is 1. The molecule has 0 spiro atoms. The lowest BCUT2D eigenvalue weighted by molar-refractivity contribution is -0.121. The van der Waals surface area contributed by atoms with Gasteiger partial charge in [-0.2, -0.15) is 0 Å². The van der Waals surface area contributed by atoms with Crippen LogP contribution in [0.5, 0.6) is 5.88 Å². The van der Waals surface area contributed by atoms with Crippen LogP contribution in [-0.4, -0.2) is 68.8 Å². The van der Waals surface area contributed by atoms with Crippen LogP contribution in [0.25, 0.3) is 0 Å². The van der Waals surface area contributed by atoms with Gasteiger partial charge in [0.2, 0.25) is 11.8 Å². The number of rotatable bonds is 9. The number of piperidine rings is 1. The van der Waals surface area contributed by atoms with Gasteiger partial charge in [-0.1, -0.05) is 6.07 Å². The van der Waals surface area contributed by atoms with Gasteiger partial charge >= 0.3 is 0 Å². The van der Waals surface area contributed by atoms with Crippen molar-refractivity contribution in [1.82, 2.24) is 20.5 Å². The van der Waals surface area contributed by atoms with Crippen LogP contribution in [0.2, 0.25) is 0 Å². The van der Waals surface area contributed by atoms with Crippen molar-refractivity contribution in [3.05, 3.63) is 23.9 Å². The van der Waals surface area contributed by atoms with Gasteiger partial charge in [-0.05, 0) is 31.7 Å². The van der Waals surface area contributed by atoms with Crippen molar-refractivity contribution in [3.63, 3.8) is 0 Å². The van der Waals surface area contributed by atoms with Crippen LogP contribution in [0.3, 0.4) is 0 Å². The van der Waals surface area contributed by atoms with Crippen molar-refractivity contribution >= 4 is 35.8 Å². The smallest absolute Gasteiger partial charge is 0.220 e. The zero-order valence-electron chi connectivity index (χ0n) is 17.6. The molecule has 0 unspecified atom stereocenters. The molecule has 0 atom stereocenters. The lowest BCUT2D eigenvalue weighted by Crippen LogP contribution is -2.46. The van der Waals surface area contributed by atoms with Gasteiger partial charge in [0.25, 0.3) is 0 Å². The fraction of sp³-hybridized carbons (Fsp3) is 0.650. The van der Waals surface area contributed by atoms with Crippen LogP contribution in [0, 0.1) is 5.92 Å². The van der Waals surface area contributed by atoms with E-state index in [1.807, 2.05) is 12.1 Å². The molecule has 29 heavy (non-hydrogen) atoms. The monoisotopic (exact) mass is 519 g/mol. The largest absolute Gasteiger partial charge is 0.475 e. The zero-order valence-corrected chi connectivity index (χ0v) is 20.0. The SMILES string of the molecule is CCNC(=NCc1cccnc1OCCOC)N1CCC(CC(=O)NC)CC1.I. The van der Waals surface area contributed by atoms with Crippen LogP contribution in [0.1, 0.15) is 31.7 Å². The minimum atomic E-state index is 0. The Labute approximate surface area is 190 Å². The maximum atomic E-state index is 11.6. The molecule has 1 saturated heterocycles. The van der Waals surface area contributed by atoms with Crippen molar-refractivity contribution in [2.75, 3.05) is 47.0 Å². The number of aliphatic imine (C=N–C) groups is 1. The molecule has 0 aromatic carbocycles. The van der Waals surface area contributed by atoms with Crippen LogP contribution in [0.4, 0.5) is 0 Å². The number of methoxy groups -OCH3 is 1. The first-order chi connectivity index (χ1) is 13.7. The van der Waals surface area contributed by atoms with Gasteiger partial charge in [0, 0.05) is 52.0 Å². The van der Waals surface area contributed by atoms with Gasteiger partial charge in [-0.15, -0.1) is 24.0 Å². The zero-order chi connectivity index (χ0) is 20.2. The first-order valence-corrected chi connectivity index (χ1v) is 9.97. The summed E-state index contributed by atoms with van der Waals surface area (Å²) in [5.41, 5.74) is 0.948. The molecule has 1 aliphatic rings. The van der Waals surface area contributed by atoms with E-state index in [9.17, 15) is 4.79 Å². The molecule has 1 fully saturated rings. The molecule has 2 heterocycles. The number of nitrogens with zero attached hydrogens (tertiary/aromatic N) is 3. The summed E-state index contributed by atoms with van der Waals surface area (Å²) in [7, 11) is 3.34. The summed E-state index contributed by atoms with van der Waals surface area (Å²) in [6.07, 6.45) is 4.32. The van der Waals surface area contributed by atoms with Crippen molar-refractivity contribution in [2.24, 2.45) is 10.9 Å². The molecule has 0 bridgehead atoms. The summed E-state index contributed by atoms with van der Waals surface area (Å²) < 4.78 is 10.7. The normalized spacial score (nSPS) is 14.9. The predicted molar refractivity (Wildman–Crippen MR) is 125 cm³/mol. The third-order valence-electron chi connectivity index (χ3n) is 4.78. The highest BCUT2D eigenvalue weighted by atomic mass is 127. The molecule has 0 radical (unpaired) electrons. The number of pyridine rings is 1. The van der Waals surface area contributed by atoms with E-state index in [2.05, 4.69) is 27.4 Å². The van der Waals surface area contributed by atoms with E-state index in [0.29, 0.717) is 38.0 Å². The molecular weight excluding hydrogens is 485 g/mol. The van der Waals surface area contributed by atoms with E-state index in [1.165, 1.54) is 0 Å². The Morgan fingerprint density at radius 1 is 1.34 bits per heavy atom. The lowest BCUT2D eigenvalue weighted by atomic mass is 9.93. The number of guanidine groups is 1. The molecule has 0 aliphatic carbocycles. The van der Waals surface area contributed by atoms with E-state index < -0.39 is 0 Å². The molecular formula is C20H34IN5O3. The standard InChI is InChI=1S/C20H33N5O3.HI/c1-4-22-20(25-10-7-16(8-11-25)14-18(26)21-2)24-15-17-6-5-9-23-19(17)28-13-12-27-3;/h5-6,9,16H,4,7-8,10-15H2,1-3H3,(H,21,26)(H,22,24);1H. The number of amides is 1. The minimum absolute atomic E-state index is 0. The van der Waals surface area contributed by atoms with Gasteiger partial charge in [0.1, 0.15) is 6.61 Å². The Morgan fingerprint density at radius 2 is 2.10 bits per heavy atom. The summed E-state index contributed by atoms with van der Waals surface area (Å²) in [6, 6.07) is 3.88. The van der Waals surface area contributed by atoms with Gasteiger partial charge < -0.3 is 25.0 Å². The predicted octanol–water partition coefficient (Wildman–Crippen LogP) is 2.04. The summed E-state index contributed by atoms with van der Waals surface area (Å²) in [5, 5.41) is 6.09. The van der Waals surface area contributed by atoms with Gasteiger partial charge in [-0.3, -0.25) is 4.79 Å². The summed E-state index contributed by atoms with van der Waals surface area (Å²) in [6.45, 7) is 6.15. The van der Waals surface area contributed by atoms with Crippen LogP contribution < -0.4 is 15.4 Å². The Kier molecular flexibility index (Phi) is 12.6. The molecule has 1 amide bonds. The second kappa shape index (κ2) is 14.4. The van der Waals surface area contributed by atoms with Crippen molar-refractivity contribution < 1.29 is 14.3 Å². The molecule has 0 saturated carbocycles. The highest BCUT2D eigenvalue weighted by Crippen LogP contribution is 2.21. The highest BCUT2D eigenvalue weighted by Gasteiger charge is 2.23. The second-order valence-corrected chi connectivity index (χ2v) is 6.79. The number of carbonyl (C=O) groups is 1. The molecule has 1 aliphatic heterocycles. The summed E-state index contributed by atoms with van der Waals surface area (Å²) in [5.74, 6) is 2.06. The average molecular weight is 519 g/mol. The topological polar surface area (TPSA) is 88.1 Å². The number of ether oxygens (including phenoxy) is 2. The fourth-order valence-corrected chi connectivity index (χ4v) is 3.20. The molecule has 2 N–H and O–H groups in total. The lowest BCUT2D eigenvalue weighted by Gasteiger charge is -2.34. The van der Waals surface area contributed by atoms with Gasteiger partial charge in [0.05, 0.1) is 13.2 Å². The van der Waals surface area contributed by atoms with Gasteiger partial charge in [-0.25, -0.2) is 9.98 Å². The van der Waals surface area contributed by atoms with E-state index in [0.717, 1.165) is 44.0 Å². The third-order valence-corrected chi connectivity index (χ3v) is 4.78. The Morgan fingerprint density at radius 3 is 2.76 bits per heavy atom. The highest BCUT2D eigenvalue weighted by molar-refractivity contribution is 14.0. The molecule has 8 nitrogen and oxygen atoms in total. The second-order valence-electron chi connectivity index (χ2n) is 6.79. The van der Waals surface area contributed by atoms with E-state index in [4.69, 9.17) is 14.5 Å². The molecule has 2 rings (SSSR count). The quantitative estimate of drug-likeness (QED) is 0.225. The third kappa shape index (κ3) is 8.73. The van der Waals surface area contributed by atoms with Crippen LogP contribution in [-0.2, 0) is 16.1 Å². The summed E-state index contributed by atoms with van der Waals surface area (Å²) >= 11 is 0. The van der Waals surface area contributed by atoms with Gasteiger partial charge in [0.15, 0.2) is 5.96 Å². The maximum absolute atomic E-state index is 11.6. The maximum Gasteiger partial charge on any atom is 0.220 e. The number of nitrogens with one attached hydrogen (secondary N) is 2. The van der Waals surface area contributed by atoms with Crippen molar-refractivity contribution in [3.8, 4) is 5.88 Å². The molecule has 9 heteroatoms. The van der Waals surface area contributed by atoms with Crippen molar-refractivity contribution in [1.29, 1.82) is 0 Å². The number of aromatic nitrogens is 1. The molecule has 164 valence electrons. The van der Waals surface area contributed by atoms with E-state index in [1.54, 1.807) is 20.4 Å². The first-order valence-electron chi connectivity index (χ1n) is 9.97. The molecule has 1 aromatic rings. The minimum Gasteiger partial charge on any atom is -0.475 e. The van der Waals surface area contributed by atoms with E-state index in [-0.39, 0.29) is 29.9 Å². The average Bonchev–Trinajstić information content (AvgIpc) is 2.72. The first kappa shape index (κ1) is 25.4. The Bertz CT molecular complexity index is 636. The molecule has 1 aromatic heterocycles. The Balaban J connectivity index is 0.00000420. The Hall–Kier alpha value is -1.62. The number of hydrogen-bond donors (Lipinski definition) is 2. The van der Waals surface area contributed by atoms with Crippen molar-refractivity contribution in [2.45, 2.75) is 32.7 Å².